The third-order valence-electron chi connectivity index (χ3n) is 3.46. The summed E-state index contributed by atoms with van der Waals surface area (Å²) in [6.07, 6.45) is -4.58. The maximum Gasteiger partial charge on any atom is 0.417 e. The van der Waals surface area contributed by atoms with E-state index < -0.39 is 22.7 Å². The predicted molar refractivity (Wildman–Crippen MR) is 89.5 cm³/mol. The molecule has 1 amide bonds. The normalized spacial score (nSPS) is 11.2. The number of anilines is 2. The van der Waals surface area contributed by atoms with E-state index in [1.807, 2.05) is 32.0 Å². The van der Waals surface area contributed by atoms with Gasteiger partial charge in [0.15, 0.2) is 0 Å². The number of aryl methyl sites for hydroxylation is 2. The summed E-state index contributed by atoms with van der Waals surface area (Å²) < 4.78 is 38.4. The van der Waals surface area contributed by atoms with Crippen molar-refractivity contribution in [3.05, 3.63) is 58.1 Å². The van der Waals surface area contributed by atoms with Crippen molar-refractivity contribution in [3.8, 4) is 0 Å². The lowest BCUT2D eigenvalue weighted by molar-refractivity contribution is -0.137. The van der Waals surface area contributed by atoms with E-state index in [9.17, 15) is 18.0 Å². The van der Waals surface area contributed by atoms with Crippen LogP contribution in [-0.4, -0.2) is 12.5 Å². The minimum Gasteiger partial charge on any atom is -0.376 e. The fourth-order valence-corrected chi connectivity index (χ4v) is 2.51. The summed E-state index contributed by atoms with van der Waals surface area (Å²) in [4.78, 5) is 12.0. The number of carbonyl (C=O) groups is 1. The van der Waals surface area contributed by atoms with E-state index in [1.165, 1.54) is 6.07 Å². The fraction of sp³-hybridized carbons (Fsp3) is 0.235. The second-order valence-corrected chi connectivity index (χ2v) is 5.77. The third-order valence-corrected chi connectivity index (χ3v) is 3.79. The maximum atomic E-state index is 12.8. The van der Waals surface area contributed by atoms with Crippen molar-refractivity contribution in [2.75, 3.05) is 17.2 Å². The van der Waals surface area contributed by atoms with E-state index in [1.54, 1.807) is 0 Å². The molecule has 2 N–H and O–H groups in total. The molecule has 0 saturated carbocycles. The van der Waals surface area contributed by atoms with Gasteiger partial charge in [0.1, 0.15) is 0 Å². The highest BCUT2D eigenvalue weighted by Crippen LogP contribution is 2.36. The molecule has 7 heteroatoms. The molecular formula is C17H16ClF3N2O. The highest BCUT2D eigenvalue weighted by atomic mass is 35.5. The minimum absolute atomic E-state index is 0.0417. The average Bonchev–Trinajstić information content (AvgIpc) is 2.47. The molecule has 0 aliphatic rings. The van der Waals surface area contributed by atoms with Gasteiger partial charge in [-0.25, -0.2) is 0 Å². The zero-order valence-corrected chi connectivity index (χ0v) is 13.8. The Labute approximate surface area is 142 Å². The first-order chi connectivity index (χ1) is 11.2. The number of para-hydroxylation sites is 1. The van der Waals surface area contributed by atoms with E-state index in [4.69, 9.17) is 11.6 Å². The van der Waals surface area contributed by atoms with E-state index in [-0.39, 0.29) is 12.2 Å². The second kappa shape index (κ2) is 7.13. The van der Waals surface area contributed by atoms with Crippen LogP contribution in [0.3, 0.4) is 0 Å². The van der Waals surface area contributed by atoms with Gasteiger partial charge in [-0.15, -0.1) is 0 Å². The van der Waals surface area contributed by atoms with E-state index in [0.717, 1.165) is 28.9 Å². The van der Waals surface area contributed by atoms with Crippen LogP contribution in [0.25, 0.3) is 0 Å². The Morgan fingerprint density at radius 1 is 1.12 bits per heavy atom. The van der Waals surface area contributed by atoms with Gasteiger partial charge in [0.05, 0.1) is 17.1 Å². The summed E-state index contributed by atoms with van der Waals surface area (Å²) >= 11 is 5.55. The minimum atomic E-state index is -4.58. The van der Waals surface area contributed by atoms with Crippen LogP contribution >= 0.6 is 11.6 Å². The lowest BCUT2D eigenvalue weighted by atomic mass is 10.1. The zero-order valence-electron chi connectivity index (χ0n) is 13.1. The molecule has 2 aromatic rings. The van der Waals surface area contributed by atoms with Crippen molar-refractivity contribution >= 4 is 28.9 Å². The Morgan fingerprint density at radius 2 is 1.75 bits per heavy atom. The summed E-state index contributed by atoms with van der Waals surface area (Å²) in [7, 11) is 0. The number of halogens is 4. The number of alkyl halides is 3. The van der Waals surface area contributed by atoms with Gasteiger partial charge in [0, 0.05) is 11.4 Å². The van der Waals surface area contributed by atoms with Crippen LogP contribution in [-0.2, 0) is 11.0 Å². The number of nitrogens with one attached hydrogen (secondary N) is 2. The molecule has 0 aliphatic carbocycles. The van der Waals surface area contributed by atoms with Crippen LogP contribution in [0.4, 0.5) is 24.5 Å². The van der Waals surface area contributed by atoms with Gasteiger partial charge in [-0.1, -0.05) is 29.8 Å². The quantitative estimate of drug-likeness (QED) is 0.807. The molecule has 0 aromatic heterocycles. The van der Waals surface area contributed by atoms with E-state index in [2.05, 4.69) is 10.6 Å². The van der Waals surface area contributed by atoms with E-state index in [0.29, 0.717) is 0 Å². The molecule has 0 bridgehead atoms. The first-order valence-electron chi connectivity index (χ1n) is 7.15. The number of hydrogen-bond donors (Lipinski definition) is 2. The second-order valence-electron chi connectivity index (χ2n) is 5.36. The summed E-state index contributed by atoms with van der Waals surface area (Å²) in [6, 6.07) is 8.97. The number of carbonyl (C=O) groups excluding carboxylic acids is 1. The van der Waals surface area contributed by atoms with E-state index >= 15 is 0 Å². The summed E-state index contributed by atoms with van der Waals surface area (Å²) in [6.45, 7) is 3.75. The summed E-state index contributed by atoms with van der Waals surface area (Å²) in [5.41, 5.74) is 1.85. The van der Waals surface area contributed by atoms with Crippen molar-refractivity contribution in [2.45, 2.75) is 20.0 Å². The Balaban J connectivity index is 2.05. The van der Waals surface area contributed by atoms with Crippen LogP contribution in [0.15, 0.2) is 36.4 Å². The van der Waals surface area contributed by atoms with Crippen LogP contribution in [0.2, 0.25) is 5.02 Å². The molecule has 0 fully saturated rings. The summed E-state index contributed by atoms with van der Waals surface area (Å²) in [5.74, 6) is -0.451. The lowest BCUT2D eigenvalue weighted by Gasteiger charge is -2.14. The monoisotopic (exact) mass is 356 g/mol. The van der Waals surface area contributed by atoms with Crippen LogP contribution < -0.4 is 10.6 Å². The molecule has 0 saturated heterocycles. The molecule has 3 nitrogen and oxygen atoms in total. The van der Waals surface area contributed by atoms with Gasteiger partial charge in [-0.2, -0.15) is 13.2 Å². The maximum absolute atomic E-state index is 12.8. The Bertz CT molecular complexity index is 740. The predicted octanol–water partition coefficient (Wildman–Crippen LogP) is 5.03. The smallest absolute Gasteiger partial charge is 0.376 e. The summed E-state index contributed by atoms with van der Waals surface area (Å²) in [5, 5.41) is 5.02. The number of amides is 1. The van der Waals surface area contributed by atoms with Crippen molar-refractivity contribution in [2.24, 2.45) is 0 Å². The average molecular weight is 357 g/mol. The first kappa shape index (κ1) is 18.1. The molecule has 2 aromatic carbocycles. The van der Waals surface area contributed by atoms with Crippen molar-refractivity contribution in [3.63, 3.8) is 0 Å². The number of hydrogen-bond acceptors (Lipinski definition) is 2. The molecule has 128 valence electrons. The molecule has 0 spiro atoms. The van der Waals surface area contributed by atoms with Gasteiger partial charge < -0.3 is 10.6 Å². The largest absolute Gasteiger partial charge is 0.417 e. The highest BCUT2D eigenvalue weighted by Gasteiger charge is 2.33. The molecule has 0 atom stereocenters. The molecular weight excluding hydrogens is 341 g/mol. The molecule has 0 heterocycles. The van der Waals surface area contributed by atoms with Crippen LogP contribution in [0, 0.1) is 13.8 Å². The fourth-order valence-electron chi connectivity index (χ4n) is 2.29. The number of rotatable bonds is 4. The molecule has 0 unspecified atom stereocenters. The van der Waals surface area contributed by atoms with Crippen molar-refractivity contribution < 1.29 is 18.0 Å². The first-order valence-corrected chi connectivity index (χ1v) is 7.53. The molecule has 0 radical (unpaired) electrons. The van der Waals surface area contributed by atoms with Gasteiger partial charge in [-0.3, -0.25) is 4.79 Å². The lowest BCUT2D eigenvalue weighted by Crippen LogP contribution is -2.22. The van der Waals surface area contributed by atoms with Crippen molar-refractivity contribution in [1.29, 1.82) is 0 Å². The van der Waals surface area contributed by atoms with Gasteiger partial charge in [-0.05, 0) is 43.2 Å². The Kier molecular flexibility index (Phi) is 5.39. The molecule has 24 heavy (non-hydrogen) atoms. The molecule has 2 rings (SSSR count). The third kappa shape index (κ3) is 4.41. The topological polar surface area (TPSA) is 41.1 Å². The van der Waals surface area contributed by atoms with Gasteiger partial charge in [0.25, 0.3) is 0 Å². The van der Waals surface area contributed by atoms with Crippen LogP contribution in [0.1, 0.15) is 16.7 Å². The zero-order chi connectivity index (χ0) is 17.9. The standard InChI is InChI=1S/C17H16ClF3N2O/c1-10-4-3-5-11(2)16(10)22-9-15(24)23-12-6-7-14(18)13(8-12)17(19,20)21/h3-8,22H,9H2,1-2H3,(H,23,24). The highest BCUT2D eigenvalue weighted by molar-refractivity contribution is 6.31. The van der Waals surface area contributed by atoms with Crippen molar-refractivity contribution in [1.82, 2.24) is 0 Å². The van der Waals surface area contributed by atoms with Gasteiger partial charge in [0.2, 0.25) is 5.91 Å². The van der Waals surface area contributed by atoms with Crippen LogP contribution in [0.5, 0.6) is 0 Å². The number of benzene rings is 2. The molecule has 0 aliphatic heterocycles. The Morgan fingerprint density at radius 3 is 2.33 bits per heavy atom. The Hall–Kier alpha value is -2.21. The van der Waals surface area contributed by atoms with Gasteiger partial charge >= 0.3 is 6.18 Å². The SMILES string of the molecule is Cc1cccc(C)c1NCC(=O)Nc1ccc(Cl)c(C(F)(F)F)c1.